The predicted octanol–water partition coefficient (Wildman–Crippen LogP) is 2.34. The standard InChI is InChI=1S/C17H24N2O2/c1-13(2)11-16(20)19-10-6-9-15(19)17(21)18-12-14-7-4-3-5-8-14/h3-5,7-8,13,15H,6,9-12H2,1-2H3,(H,18,21)/t15-/m1/s1. The molecule has 0 spiro atoms. The van der Waals surface area contributed by atoms with Gasteiger partial charge in [0, 0.05) is 19.5 Å². The number of amides is 2. The molecule has 1 aliphatic rings. The average molecular weight is 288 g/mol. The Morgan fingerprint density at radius 3 is 2.67 bits per heavy atom. The van der Waals surface area contributed by atoms with E-state index >= 15 is 0 Å². The molecule has 1 heterocycles. The van der Waals surface area contributed by atoms with Gasteiger partial charge in [-0.25, -0.2) is 0 Å². The molecular formula is C17H24N2O2. The Morgan fingerprint density at radius 1 is 1.29 bits per heavy atom. The number of benzene rings is 1. The highest BCUT2D eigenvalue weighted by atomic mass is 16.2. The quantitative estimate of drug-likeness (QED) is 0.904. The Balaban J connectivity index is 1.90. The first kappa shape index (κ1) is 15.5. The lowest BCUT2D eigenvalue weighted by Crippen LogP contribution is -2.46. The van der Waals surface area contributed by atoms with E-state index in [9.17, 15) is 9.59 Å². The molecule has 1 aliphatic heterocycles. The zero-order valence-electron chi connectivity index (χ0n) is 12.8. The van der Waals surface area contributed by atoms with Crippen molar-refractivity contribution in [1.29, 1.82) is 0 Å². The summed E-state index contributed by atoms with van der Waals surface area (Å²) in [6.07, 6.45) is 2.19. The topological polar surface area (TPSA) is 49.4 Å². The Bertz CT molecular complexity index is 485. The second-order valence-corrected chi connectivity index (χ2v) is 6.05. The summed E-state index contributed by atoms with van der Waals surface area (Å²) in [6.45, 7) is 5.27. The van der Waals surface area contributed by atoms with E-state index in [0.717, 1.165) is 18.4 Å². The third-order valence-corrected chi connectivity index (χ3v) is 3.77. The van der Waals surface area contributed by atoms with Gasteiger partial charge in [0.1, 0.15) is 6.04 Å². The van der Waals surface area contributed by atoms with Crippen LogP contribution < -0.4 is 5.32 Å². The van der Waals surface area contributed by atoms with E-state index in [1.54, 1.807) is 4.90 Å². The number of hydrogen-bond donors (Lipinski definition) is 1. The molecule has 4 nitrogen and oxygen atoms in total. The van der Waals surface area contributed by atoms with Gasteiger partial charge in [-0.15, -0.1) is 0 Å². The third kappa shape index (κ3) is 4.31. The summed E-state index contributed by atoms with van der Waals surface area (Å²) in [4.78, 5) is 26.3. The monoisotopic (exact) mass is 288 g/mol. The summed E-state index contributed by atoms with van der Waals surface area (Å²) < 4.78 is 0. The van der Waals surface area contributed by atoms with Crippen LogP contribution in [0.15, 0.2) is 30.3 Å². The molecule has 0 saturated carbocycles. The van der Waals surface area contributed by atoms with Gasteiger partial charge in [-0.05, 0) is 24.3 Å². The van der Waals surface area contributed by atoms with Crippen LogP contribution >= 0.6 is 0 Å². The average Bonchev–Trinajstić information content (AvgIpc) is 2.95. The van der Waals surface area contributed by atoms with Crippen molar-refractivity contribution >= 4 is 11.8 Å². The van der Waals surface area contributed by atoms with Crippen molar-refractivity contribution in [2.45, 2.75) is 45.7 Å². The molecule has 0 radical (unpaired) electrons. The highest BCUT2D eigenvalue weighted by molar-refractivity contribution is 5.88. The lowest BCUT2D eigenvalue weighted by Gasteiger charge is -2.24. The first-order valence-electron chi connectivity index (χ1n) is 7.69. The first-order chi connectivity index (χ1) is 10.1. The molecule has 0 aliphatic carbocycles. The van der Waals surface area contributed by atoms with Crippen molar-refractivity contribution in [2.75, 3.05) is 6.54 Å². The number of carbonyl (C=O) groups excluding carboxylic acids is 2. The van der Waals surface area contributed by atoms with Crippen LogP contribution in [0.1, 0.15) is 38.7 Å². The zero-order valence-corrected chi connectivity index (χ0v) is 12.8. The Labute approximate surface area is 126 Å². The van der Waals surface area contributed by atoms with Gasteiger partial charge in [-0.2, -0.15) is 0 Å². The largest absolute Gasteiger partial charge is 0.350 e. The van der Waals surface area contributed by atoms with Gasteiger partial charge >= 0.3 is 0 Å². The van der Waals surface area contributed by atoms with Gasteiger partial charge < -0.3 is 10.2 Å². The summed E-state index contributed by atoms with van der Waals surface area (Å²) in [7, 11) is 0. The van der Waals surface area contributed by atoms with Gasteiger partial charge in [0.05, 0.1) is 0 Å². The molecule has 114 valence electrons. The van der Waals surface area contributed by atoms with Crippen molar-refractivity contribution < 1.29 is 9.59 Å². The van der Waals surface area contributed by atoms with Gasteiger partial charge in [-0.1, -0.05) is 44.2 Å². The lowest BCUT2D eigenvalue weighted by molar-refractivity contribution is -0.139. The molecule has 1 N–H and O–H groups in total. The fraction of sp³-hybridized carbons (Fsp3) is 0.529. The summed E-state index contributed by atoms with van der Waals surface area (Å²) in [5.41, 5.74) is 1.07. The number of nitrogens with one attached hydrogen (secondary N) is 1. The molecule has 2 rings (SSSR count). The highest BCUT2D eigenvalue weighted by Crippen LogP contribution is 2.20. The van der Waals surface area contributed by atoms with Crippen molar-refractivity contribution in [2.24, 2.45) is 5.92 Å². The molecule has 0 bridgehead atoms. The van der Waals surface area contributed by atoms with Crippen LogP contribution in [-0.4, -0.2) is 29.3 Å². The summed E-state index contributed by atoms with van der Waals surface area (Å²) in [6, 6.07) is 9.53. The maximum atomic E-state index is 12.3. The van der Waals surface area contributed by atoms with E-state index < -0.39 is 0 Å². The second-order valence-electron chi connectivity index (χ2n) is 6.05. The molecule has 1 saturated heterocycles. The number of rotatable bonds is 5. The molecule has 1 fully saturated rings. The minimum atomic E-state index is -0.292. The molecule has 0 unspecified atom stereocenters. The van der Waals surface area contributed by atoms with E-state index in [1.165, 1.54) is 0 Å². The first-order valence-corrected chi connectivity index (χ1v) is 7.69. The van der Waals surface area contributed by atoms with E-state index in [4.69, 9.17) is 0 Å². The summed E-state index contributed by atoms with van der Waals surface area (Å²) in [5, 5.41) is 2.95. The van der Waals surface area contributed by atoms with Crippen LogP contribution in [0, 0.1) is 5.92 Å². The minimum Gasteiger partial charge on any atom is -0.350 e. The molecule has 1 aromatic rings. The van der Waals surface area contributed by atoms with Crippen LogP contribution in [0.5, 0.6) is 0 Å². The minimum absolute atomic E-state index is 0.0338. The summed E-state index contributed by atoms with van der Waals surface area (Å²) in [5.74, 6) is 0.391. The van der Waals surface area contributed by atoms with Crippen molar-refractivity contribution in [3.63, 3.8) is 0 Å². The number of likely N-dealkylation sites (tertiary alicyclic amines) is 1. The predicted molar refractivity (Wildman–Crippen MR) is 82.5 cm³/mol. The van der Waals surface area contributed by atoms with Crippen LogP contribution in [0.2, 0.25) is 0 Å². The van der Waals surface area contributed by atoms with Crippen molar-refractivity contribution in [3.8, 4) is 0 Å². The Kier molecular flexibility index (Phi) is 5.37. The van der Waals surface area contributed by atoms with Crippen molar-refractivity contribution in [3.05, 3.63) is 35.9 Å². The van der Waals surface area contributed by atoms with E-state index in [-0.39, 0.29) is 17.9 Å². The van der Waals surface area contributed by atoms with Crippen LogP contribution in [-0.2, 0) is 16.1 Å². The molecule has 21 heavy (non-hydrogen) atoms. The SMILES string of the molecule is CC(C)CC(=O)N1CCC[C@@H]1C(=O)NCc1ccccc1. The van der Waals surface area contributed by atoms with E-state index in [0.29, 0.717) is 25.4 Å². The van der Waals surface area contributed by atoms with Gasteiger partial charge in [0.2, 0.25) is 11.8 Å². The Morgan fingerprint density at radius 2 is 2.00 bits per heavy atom. The van der Waals surface area contributed by atoms with Crippen molar-refractivity contribution in [1.82, 2.24) is 10.2 Å². The fourth-order valence-electron chi connectivity index (χ4n) is 2.71. The summed E-state index contributed by atoms with van der Waals surface area (Å²) >= 11 is 0. The fourth-order valence-corrected chi connectivity index (χ4v) is 2.71. The van der Waals surface area contributed by atoms with Gasteiger partial charge in [0.15, 0.2) is 0 Å². The van der Waals surface area contributed by atoms with Gasteiger partial charge in [-0.3, -0.25) is 9.59 Å². The van der Waals surface area contributed by atoms with Crippen LogP contribution in [0.3, 0.4) is 0 Å². The number of hydrogen-bond acceptors (Lipinski definition) is 2. The molecule has 4 heteroatoms. The number of nitrogens with zero attached hydrogens (tertiary/aromatic N) is 1. The second kappa shape index (κ2) is 7.25. The maximum absolute atomic E-state index is 12.3. The smallest absolute Gasteiger partial charge is 0.243 e. The molecule has 2 amide bonds. The van der Waals surface area contributed by atoms with Gasteiger partial charge in [0.25, 0.3) is 0 Å². The zero-order chi connectivity index (χ0) is 15.2. The molecule has 0 aromatic heterocycles. The molecule has 1 atom stereocenters. The Hall–Kier alpha value is -1.84. The molecule has 1 aromatic carbocycles. The van der Waals surface area contributed by atoms with E-state index in [1.807, 2.05) is 44.2 Å². The third-order valence-electron chi connectivity index (χ3n) is 3.77. The maximum Gasteiger partial charge on any atom is 0.243 e. The molecular weight excluding hydrogens is 264 g/mol. The highest BCUT2D eigenvalue weighted by Gasteiger charge is 2.33. The van der Waals surface area contributed by atoms with Crippen LogP contribution in [0.4, 0.5) is 0 Å². The lowest BCUT2D eigenvalue weighted by atomic mass is 10.1. The number of carbonyl (C=O) groups is 2. The van der Waals surface area contributed by atoms with Crippen LogP contribution in [0.25, 0.3) is 0 Å². The van der Waals surface area contributed by atoms with E-state index in [2.05, 4.69) is 5.32 Å². The normalized spacial score (nSPS) is 18.0.